The van der Waals surface area contributed by atoms with Gasteiger partial charge >= 0.3 is 0 Å². The number of aromatic nitrogens is 2. The maximum Gasteiger partial charge on any atom is 0.169 e. The summed E-state index contributed by atoms with van der Waals surface area (Å²) in [6.45, 7) is 2.15. The quantitative estimate of drug-likeness (QED) is 0.283. The van der Waals surface area contributed by atoms with Crippen LogP contribution in [0, 0.1) is 0 Å². The van der Waals surface area contributed by atoms with Gasteiger partial charge in [0.25, 0.3) is 0 Å². The molecule has 0 fully saturated rings. The van der Waals surface area contributed by atoms with E-state index in [9.17, 15) is 0 Å². The van der Waals surface area contributed by atoms with Crippen LogP contribution in [-0.2, 0) is 13.1 Å². The summed E-state index contributed by atoms with van der Waals surface area (Å²) in [6, 6.07) is 29.9. The minimum atomic E-state index is 1.08. The predicted octanol–water partition coefficient (Wildman–Crippen LogP) is 5.47. The summed E-state index contributed by atoms with van der Waals surface area (Å²) in [5, 5.41) is 0. The molecule has 0 N–H and O–H groups in total. The molecule has 144 valence electrons. The van der Waals surface area contributed by atoms with Crippen LogP contribution in [0.4, 0.5) is 0 Å². The Kier molecular flexibility index (Phi) is 6.44. The van der Waals surface area contributed by atoms with Crippen LogP contribution in [-0.4, -0.2) is 0 Å². The Bertz CT molecular complexity index is 907. The van der Waals surface area contributed by atoms with E-state index in [1.807, 2.05) is 0 Å². The molecule has 0 unspecified atom stereocenters. The summed E-state index contributed by atoms with van der Waals surface area (Å²) in [5.41, 5.74) is 5.10. The zero-order valence-corrected chi connectivity index (χ0v) is 16.8. The van der Waals surface area contributed by atoms with E-state index >= 15 is 0 Å². The first kappa shape index (κ1) is 19.1. The third-order valence-corrected chi connectivity index (χ3v) is 5.33. The molecule has 0 amide bonds. The Labute approximate surface area is 173 Å². The Morgan fingerprint density at radius 3 is 1.10 bits per heavy atom. The van der Waals surface area contributed by atoms with Crippen molar-refractivity contribution in [3.8, 4) is 22.3 Å². The lowest BCUT2D eigenvalue weighted by molar-refractivity contribution is -0.701. The molecule has 2 aromatic carbocycles. The van der Waals surface area contributed by atoms with Crippen LogP contribution in [0.1, 0.15) is 19.3 Å². The van der Waals surface area contributed by atoms with E-state index in [0.717, 1.165) is 13.1 Å². The van der Waals surface area contributed by atoms with E-state index in [-0.39, 0.29) is 0 Å². The van der Waals surface area contributed by atoms with Gasteiger partial charge in [-0.2, -0.15) is 0 Å². The normalized spacial score (nSPS) is 10.8. The summed E-state index contributed by atoms with van der Waals surface area (Å²) in [6.07, 6.45) is 12.4. The molecule has 2 nitrogen and oxygen atoms in total. The van der Waals surface area contributed by atoms with Crippen molar-refractivity contribution in [2.75, 3.05) is 0 Å². The van der Waals surface area contributed by atoms with E-state index in [0.29, 0.717) is 0 Å². The smallest absolute Gasteiger partial charge is 0.169 e. The van der Waals surface area contributed by atoms with Crippen molar-refractivity contribution in [1.82, 2.24) is 0 Å². The van der Waals surface area contributed by atoms with Gasteiger partial charge in [0.15, 0.2) is 24.8 Å². The fourth-order valence-corrected chi connectivity index (χ4v) is 3.62. The van der Waals surface area contributed by atoms with Gasteiger partial charge in [-0.25, -0.2) is 9.13 Å². The van der Waals surface area contributed by atoms with E-state index in [2.05, 4.69) is 119 Å². The second-order valence-electron chi connectivity index (χ2n) is 7.44. The van der Waals surface area contributed by atoms with Crippen molar-refractivity contribution in [3.63, 3.8) is 0 Å². The minimum Gasteiger partial charge on any atom is -0.205 e. The van der Waals surface area contributed by atoms with Crippen LogP contribution in [0.25, 0.3) is 22.3 Å². The van der Waals surface area contributed by atoms with Gasteiger partial charge < -0.3 is 0 Å². The van der Waals surface area contributed by atoms with E-state index in [1.165, 1.54) is 41.5 Å². The third-order valence-electron chi connectivity index (χ3n) is 5.33. The predicted molar refractivity (Wildman–Crippen MR) is 118 cm³/mol. The number of hydrogen-bond acceptors (Lipinski definition) is 0. The third kappa shape index (κ3) is 5.39. The molecule has 4 aromatic rings. The molecule has 0 saturated heterocycles. The van der Waals surface area contributed by atoms with Crippen molar-refractivity contribution in [1.29, 1.82) is 0 Å². The molecule has 0 radical (unpaired) electrons. The van der Waals surface area contributed by atoms with E-state index in [1.54, 1.807) is 0 Å². The monoisotopic (exact) mass is 380 g/mol. The average molecular weight is 381 g/mol. The van der Waals surface area contributed by atoms with Crippen molar-refractivity contribution in [3.05, 3.63) is 110 Å². The molecule has 0 aliphatic heterocycles. The fraction of sp³-hybridized carbons (Fsp3) is 0.185. The Morgan fingerprint density at radius 2 is 0.724 bits per heavy atom. The molecule has 0 spiro atoms. The lowest BCUT2D eigenvalue weighted by Crippen LogP contribution is -2.34. The largest absolute Gasteiger partial charge is 0.205 e. The molecular weight excluding hydrogens is 352 g/mol. The molecule has 4 rings (SSSR count). The summed E-state index contributed by atoms with van der Waals surface area (Å²) >= 11 is 0. The lowest BCUT2D eigenvalue weighted by Gasteiger charge is -2.02. The summed E-state index contributed by atoms with van der Waals surface area (Å²) in [5.74, 6) is 0. The standard InChI is InChI=1S/C27H28N2/c1-4-10-24(11-5-1)26-14-20-28(21-15-26)18-8-3-9-19-29-22-16-27(17-23-29)25-12-6-2-7-13-25/h1-2,4-7,10-17,20-23H,3,8-9,18-19H2/q+2. The minimum absolute atomic E-state index is 1.08. The lowest BCUT2D eigenvalue weighted by atomic mass is 10.1. The summed E-state index contributed by atoms with van der Waals surface area (Å²) in [4.78, 5) is 0. The van der Waals surface area contributed by atoms with Crippen LogP contribution in [0.15, 0.2) is 110 Å². The van der Waals surface area contributed by atoms with Gasteiger partial charge in [0.1, 0.15) is 13.1 Å². The zero-order chi connectivity index (χ0) is 19.7. The molecular formula is C27H28N2+2. The van der Waals surface area contributed by atoms with Gasteiger partial charge in [0.05, 0.1) is 0 Å². The second kappa shape index (κ2) is 9.79. The highest BCUT2D eigenvalue weighted by atomic mass is 14.9. The van der Waals surface area contributed by atoms with Crippen molar-refractivity contribution < 1.29 is 9.13 Å². The van der Waals surface area contributed by atoms with Crippen LogP contribution < -0.4 is 9.13 Å². The maximum absolute atomic E-state index is 2.29. The zero-order valence-electron chi connectivity index (χ0n) is 16.8. The van der Waals surface area contributed by atoms with Crippen LogP contribution in [0.3, 0.4) is 0 Å². The van der Waals surface area contributed by atoms with Gasteiger partial charge in [-0.3, -0.25) is 0 Å². The maximum atomic E-state index is 2.29. The van der Waals surface area contributed by atoms with E-state index < -0.39 is 0 Å². The highest BCUT2D eigenvalue weighted by Crippen LogP contribution is 2.17. The summed E-state index contributed by atoms with van der Waals surface area (Å²) < 4.78 is 4.57. The number of pyridine rings is 2. The number of unbranched alkanes of at least 4 members (excludes halogenated alkanes) is 2. The molecule has 0 saturated carbocycles. The molecule has 0 atom stereocenters. The van der Waals surface area contributed by atoms with Crippen LogP contribution in [0.5, 0.6) is 0 Å². The molecule has 2 heteroatoms. The van der Waals surface area contributed by atoms with E-state index in [4.69, 9.17) is 0 Å². The van der Waals surface area contributed by atoms with Gasteiger partial charge in [-0.05, 0) is 28.7 Å². The molecule has 2 aromatic heterocycles. The molecule has 2 heterocycles. The molecule has 29 heavy (non-hydrogen) atoms. The number of aryl methyl sites for hydroxylation is 2. The molecule has 0 aliphatic rings. The Hall–Kier alpha value is -3.26. The summed E-state index contributed by atoms with van der Waals surface area (Å²) in [7, 11) is 0. The molecule has 0 bridgehead atoms. The van der Waals surface area contributed by atoms with Crippen molar-refractivity contribution in [2.24, 2.45) is 0 Å². The van der Waals surface area contributed by atoms with Crippen molar-refractivity contribution >= 4 is 0 Å². The topological polar surface area (TPSA) is 7.76 Å². The first-order valence-electron chi connectivity index (χ1n) is 10.5. The number of benzene rings is 2. The first-order valence-corrected chi connectivity index (χ1v) is 10.5. The average Bonchev–Trinajstić information content (AvgIpc) is 2.81. The number of nitrogens with zero attached hydrogens (tertiary/aromatic N) is 2. The van der Waals surface area contributed by atoms with Gasteiger partial charge in [0, 0.05) is 37.1 Å². The van der Waals surface area contributed by atoms with Crippen LogP contribution >= 0.6 is 0 Å². The van der Waals surface area contributed by atoms with Gasteiger partial charge in [-0.1, -0.05) is 60.7 Å². The highest BCUT2D eigenvalue weighted by molar-refractivity contribution is 5.62. The molecule has 0 aliphatic carbocycles. The first-order chi connectivity index (χ1) is 14.4. The fourth-order valence-electron chi connectivity index (χ4n) is 3.62. The Morgan fingerprint density at radius 1 is 0.379 bits per heavy atom. The number of hydrogen-bond donors (Lipinski definition) is 0. The van der Waals surface area contributed by atoms with Crippen molar-refractivity contribution in [2.45, 2.75) is 32.4 Å². The SMILES string of the molecule is c1ccc(-c2cc[n+](CCCCC[n+]3ccc(-c4ccccc4)cc3)cc2)cc1. The van der Waals surface area contributed by atoms with Gasteiger partial charge in [0.2, 0.25) is 0 Å². The van der Waals surface area contributed by atoms with Crippen LogP contribution in [0.2, 0.25) is 0 Å². The highest BCUT2D eigenvalue weighted by Gasteiger charge is 2.05. The Balaban J connectivity index is 1.20. The second-order valence-corrected chi connectivity index (χ2v) is 7.44. The van der Waals surface area contributed by atoms with Gasteiger partial charge in [-0.15, -0.1) is 0 Å². The number of rotatable bonds is 8.